The van der Waals surface area contributed by atoms with Crippen molar-refractivity contribution in [3.05, 3.63) is 59.0 Å². The van der Waals surface area contributed by atoms with Crippen LogP contribution in [0.4, 0.5) is 18.0 Å². The number of carbonyl (C=O) groups is 1. The van der Waals surface area contributed by atoms with Crippen LogP contribution in [-0.4, -0.2) is 60.1 Å². The number of nitrogens with zero attached hydrogens (tertiary/aromatic N) is 4. The van der Waals surface area contributed by atoms with E-state index in [2.05, 4.69) is 19.7 Å². The summed E-state index contributed by atoms with van der Waals surface area (Å²) in [6.07, 6.45) is -3.06. The van der Waals surface area contributed by atoms with Crippen LogP contribution in [0.1, 0.15) is 24.3 Å². The molecular weight excluding hydrogens is 553 g/mol. The number of ether oxygens (including phenoxy) is 3. The van der Waals surface area contributed by atoms with Gasteiger partial charge < -0.3 is 14.2 Å². The maximum absolute atomic E-state index is 12.9. The van der Waals surface area contributed by atoms with E-state index in [4.69, 9.17) is 21.1 Å². The van der Waals surface area contributed by atoms with Crippen molar-refractivity contribution in [3.8, 4) is 22.8 Å². The number of cyclic esters (lactones) is 1. The molecule has 10 nitrogen and oxygen atoms in total. The standard InChI is InChI=1S/C23H20ClF3N4O6S/c1-12-19(13-5-4-6-15(7-13)37-23(25,26)27)36-22(32)31(12)11-18-17(10-29-21(30-18)38(3,33)34)16-8-14(24)9-28-20(16)35-2/h4-10,12,19H,11H2,1-3H3/t12-,19-/m0/s1. The lowest BCUT2D eigenvalue weighted by molar-refractivity contribution is -0.274. The Morgan fingerprint density at radius 2 is 1.89 bits per heavy atom. The van der Waals surface area contributed by atoms with Gasteiger partial charge in [-0.2, -0.15) is 0 Å². The fraction of sp³-hybridized carbons (Fsp3) is 0.304. The van der Waals surface area contributed by atoms with Gasteiger partial charge in [-0.05, 0) is 30.7 Å². The molecule has 3 aromatic rings. The summed E-state index contributed by atoms with van der Waals surface area (Å²) < 4.78 is 77.1. The number of methoxy groups -OCH3 is 1. The van der Waals surface area contributed by atoms with Gasteiger partial charge in [-0.3, -0.25) is 4.90 Å². The number of rotatable bonds is 7. The number of aromatic nitrogens is 3. The fourth-order valence-corrected chi connectivity index (χ4v) is 4.59. The molecule has 1 aliphatic heterocycles. The summed E-state index contributed by atoms with van der Waals surface area (Å²) in [6, 6.07) is 5.94. The average molecular weight is 573 g/mol. The molecule has 1 fully saturated rings. The van der Waals surface area contributed by atoms with Gasteiger partial charge in [-0.25, -0.2) is 28.2 Å². The second-order valence-electron chi connectivity index (χ2n) is 8.29. The largest absolute Gasteiger partial charge is 0.573 e. The zero-order valence-electron chi connectivity index (χ0n) is 20.1. The Bertz CT molecular complexity index is 1490. The molecule has 1 aromatic carbocycles. The molecule has 0 unspecified atom stereocenters. The van der Waals surface area contributed by atoms with Gasteiger partial charge in [0.1, 0.15) is 11.9 Å². The van der Waals surface area contributed by atoms with Crippen LogP contribution in [0.15, 0.2) is 47.9 Å². The summed E-state index contributed by atoms with van der Waals surface area (Å²) in [4.78, 5) is 26.4. The van der Waals surface area contributed by atoms with E-state index < -0.39 is 45.3 Å². The molecule has 15 heteroatoms. The molecule has 1 aliphatic rings. The number of amides is 1. The van der Waals surface area contributed by atoms with Gasteiger partial charge in [0.15, 0.2) is 0 Å². The molecule has 0 spiro atoms. The van der Waals surface area contributed by atoms with Crippen LogP contribution in [0.5, 0.6) is 11.6 Å². The Morgan fingerprint density at radius 1 is 1.16 bits per heavy atom. The van der Waals surface area contributed by atoms with E-state index in [0.29, 0.717) is 11.1 Å². The minimum atomic E-state index is -4.89. The highest BCUT2D eigenvalue weighted by Crippen LogP contribution is 2.38. The van der Waals surface area contributed by atoms with Gasteiger partial charge in [-0.1, -0.05) is 23.7 Å². The third-order valence-electron chi connectivity index (χ3n) is 5.61. The summed E-state index contributed by atoms with van der Waals surface area (Å²) in [7, 11) is -2.44. The molecule has 1 saturated heterocycles. The molecule has 0 bridgehead atoms. The molecule has 4 rings (SSSR count). The highest BCUT2D eigenvalue weighted by molar-refractivity contribution is 7.90. The van der Waals surface area contributed by atoms with Crippen molar-refractivity contribution in [3.63, 3.8) is 0 Å². The van der Waals surface area contributed by atoms with E-state index in [9.17, 15) is 26.4 Å². The molecule has 3 heterocycles. The Labute approximate surface area is 220 Å². The number of hydrogen-bond donors (Lipinski definition) is 0. The molecule has 0 saturated carbocycles. The third-order valence-corrected chi connectivity index (χ3v) is 6.68. The first kappa shape index (κ1) is 27.4. The highest BCUT2D eigenvalue weighted by atomic mass is 35.5. The summed E-state index contributed by atoms with van der Waals surface area (Å²) in [6.45, 7) is 1.40. The lowest BCUT2D eigenvalue weighted by Gasteiger charge is -2.22. The molecule has 202 valence electrons. The zero-order chi connectivity index (χ0) is 27.8. The number of hydrogen-bond acceptors (Lipinski definition) is 9. The molecule has 38 heavy (non-hydrogen) atoms. The lowest BCUT2D eigenvalue weighted by atomic mass is 10.0. The second-order valence-corrected chi connectivity index (χ2v) is 10.6. The minimum absolute atomic E-state index is 0.126. The van der Waals surface area contributed by atoms with Crippen LogP contribution in [0, 0.1) is 0 Å². The normalized spacial score (nSPS) is 17.9. The van der Waals surface area contributed by atoms with Gasteiger partial charge in [0.25, 0.3) is 0 Å². The van der Waals surface area contributed by atoms with E-state index in [1.165, 1.54) is 42.6 Å². The predicted octanol–water partition coefficient (Wildman–Crippen LogP) is 4.58. The van der Waals surface area contributed by atoms with Crippen LogP contribution in [0.2, 0.25) is 5.02 Å². The highest BCUT2D eigenvalue weighted by Gasteiger charge is 2.41. The van der Waals surface area contributed by atoms with E-state index >= 15 is 0 Å². The van der Waals surface area contributed by atoms with E-state index in [1.807, 2.05) is 0 Å². The maximum atomic E-state index is 12.9. The summed E-state index contributed by atoms with van der Waals surface area (Å²) in [5, 5.41) is -0.215. The SMILES string of the molecule is COc1ncc(Cl)cc1-c1cnc(S(C)(=O)=O)nc1CN1C(=O)O[C@H](c2cccc(OC(F)(F)F)c2)[C@@H]1C. The van der Waals surface area contributed by atoms with Crippen molar-refractivity contribution in [2.75, 3.05) is 13.4 Å². The van der Waals surface area contributed by atoms with E-state index in [0.717, 1.165) is 18.4 Å². The minimum Gasteiger partial charge on any atom is -0.481 e. The first-order chi connectivity index (χ1) is 17.8. The Kier molecular flexibility index (Phi) is 7.39. The molecule has 0 radical (unpaired) electrons. The molecular formula is C23H20ClF3N4O6S. The third kappa shape index (κ3) is 5.91. The Morgan fingerprint density at radius 3 is 2.55 bits per heavy atom. The van der Waals surface area contributed by atoms with Crippen molar-refractivity contribution in [2.45, 2.75) is 37.1 Å². The van der Waals surface area contributed by atoms with Crippen molar-refractivity contribution < 1.29 is 40.6 Å². The Hall–Kier alpha value is -3.65. The average Bonchev–Trinajstić information content (AvgIpc) is 3.11. The van der Waals surface area contributed by atoms with Crippen LogP contribution in [0.3, 0.4) is 0 Å². The topological polar surface area (TPSA) is 121 Å². The summed E-state index contributed by atoms with van der Waals surface area (Å²) in [5.41, 5.74) is 1.05. The van der Waals surface area contributed by atoms with E-state index in [1.54, 1.807) is 6.92 Å². The number of carbonyl (C=O) groups excluding carboxylic acids is 1. The maximum Gasteiger partial charge on any atom is 0.573 e. The smallest absolute Gasteiger partial charge is 0.481 e. The first-order valence-corrected chi connectivity index (χ1v) is 13.1. The zero-order valence-corrected chi connectivity index (χ0v) is 21.6. The monoisotopic (exact) mass is 572 g/mol. The second kappa shape index (κ2) is 10.3. The predicted molar refractivity (Wildman–Crippen MR) is 127 cm³/mol. The van der Waals surface area contributed by atoms with Crippen LogP contribution in [-0.2, 0) is 21.1 Å². The Balaban J connectivity index is 1.72. The van der Waals surface area contributed by atoms with Crippen molar-refractivity contribution in [2.24, 2.45) is 0 Å². The van der Waals surface area contributed by atoms with Crippen LogP contribution < -0.4 is 9.47 Å². The number of benzene rings is 1. The van der Waals surface area contributed by atoms with E-state index in [-0.39, 0.29) is 28.7 Å². The summed E-state index contributed by atoms with van der Waals surface area (Å²) >= 11 is 6.12. The fourth-order valence-electron chi connectivity index (χ4n) is 3.91. The van der Waals surface area contributed by atoms with Gasteiger partial charge in [0.2, 0.25) is 20.9 Å². The van der Waals surface area contributed by atoms with Crippen molar-refractivity contribution in [1.29, 1.82) is 0 Å². The molecule has 0 aliphatic carbocycles. The van der Waals surface area contributed by atoms with Crippen LogP contribution >= 0.6 is 11.6 Å². The molecule has 2 aromatic heterocycles. The number of pyridine rings is 1. The molecule has 1 amide bonds. The molecule has 0 N–H and O–H groups in total. The van der Waals surface area contributed by atoms with Crippen molar-refractivity contribution in [1.82, 2.24) is 19.9 Å². The van der Waals surface area contributed by atoms with Crippen molar-refractivity contribution >= 4 is 27.5 Å². The van der Waals surface area contributed by atoms with Crippen LogP contribution in [0.25, 0.3) is 11.1 Å². The molecule has 2 atom stereocenters. The van der Waals surface area contributed by atoms with Gasteiger partial charge in [0.05, 0.1) is 30.4 Å². The quantitative estimate of drug-likeness (QED) is 0.374. The van der Waals surface area contributed by atoms with Gasteiger partial charge in [0, 0.05) is 29.8 Å². The summed E-state index contributed by atoms with van der Waals surface area (Å²) in [5.74, 6) is -0.309. The number of alkyl halides is 3. The van der Waals surface area contributed by atoms with Gasteiger partial charge >= 0.3 is 12.5 Å². The number of sulfone groups is 1. The van der Waals surface area contributed by atoms with Gasteiger partial charge in [-0.15, -0.1) is 13.2 Å². The first-order valence-electron chi connectivity index (χ1n) is 10.9. The number of halogens is 4. The lowest BCUT2D eigenvalue weighted by Crippen LogP contribution is -2.32.